The van der Waals surface area contributed by atoms with Gasteiger partial charge in [-0.05, 0) is 27.5 Å². The smallest absolute Gasteiger partial charge is 0.205 e. The van der Waals surface area contributed by atoms with Crippen LogP contribution >= 0.6 is 0 Å². The second-order valence-electron chi connectivity index (χ2n) is 8.48. The molecule has 0 unspecified atom stereocenters. The second kappa shape index (κ2) is 9.36. The first-order valence-corrected chi connectivity index (χ1v) is 11.3. The molecule has 170 valence electrons. The summed E-state index contributed by atoms with van der Waals surface area (Å²) in [4.78, 5) is 4.83. The Morgan fingerprint density at radius 1 is 0.853 bits per heavy atom. The molecule has 0 saturated heterocycles. The van der Waals surface area contributed by atoms with Crippen LogP contribution in [0, 0.1) is 0 Å². The topological polar surface area (TPSA) is 111 Å². The summed E-state index contributed by atoms with van der Waals surface area (Å²) in [5, 5.41) is 19.3. The Labute approximate surface area is 197 Å². The SMILES string of the molecule is CC(C)c1nc(-c2ccc(CN)cc2)n(Cc2ccc(-c3ccccc3-c3nn[nH]n3)cc2)n1. The lowest BCUT2D eigenvalue weighted by Crippen LogP contribution is -2.05. The van der Waals surface area contributed by atoms with Crippen LogP contribution in [0.1, 0.15) is 36.7 Å². The summed E-state index contributed by atoms with van der Waals surface area (Å²) in [6.45, 7) is 5.36. The molecule has 0 fully saturated rings. The van der Waals surface area contributed by atoms with E-state index in [1.165, 1.54) is 0 Å². The van der Waals surface area contributed by atoms with Gasteiger partial charge in [0, 0.05) is 23.6 Å². The van der Waals surface area contributed by atoms with E-state index < -0.39 is 0 Å². The summed E-state index contributed by atoms with van der Waals surface area (Å²) in [7, 11) is 0. The largest absolute Gasteiger partial charge is 0.326 e. The molecule has 0 amide bonds. The van der Waals surface area contributed by atoms with E-state index in [0.29, 0.717) is 18.9 Å². The number of nitrogens with two attached hydrogens (primary N) is 1. The number of aromatic nitrogens is 7. The van der Waals surface area contributed by atoms with Crippen molar-refractivity contribution in [3.05, 3.63) is 89.7 Å². The summed E-state index contributed by atoms with van der Waals surface area (Å²) < 4.78 is 1.98. The van der Waals surface area contributed by atoms with Crippen molar-refractivity contribution in [1.82, 2.24) is 35.4 Å². The highest BCUT2D eigenvalue weighted by atomic mass is 15.5. The van der Waals surface area contributed by atoms with Gasteiger partial charge in [-0.3, -0.25) is 0 Å². The van der Waals surface area contributed by atoms with Crippen molar-refractivity contribution in [2.24, 2.45) is 5.73 Å². The van der Waals surface area contributed by atoms with Crippen molar-refractivity contribution in [2.75, 3.05) is 0 Å². The number of hydrogen-bond acceptors (Lipinski definition) is 6. The van der Waals surface area contributed by atoms with Gasteiger partial charge in [0.2, 0.25) is 5.82 Å². The van der Waals surface area contributed by atoms with Gasteiger partial charge in [-0.25, -0.2) is 9.67 Å². The van der Waals surface area contributed by atoms with E-state index in [2.05, 4.69) is 76.9 Å². The number of benzene rings is 3. The van der Waals surface area contributed by atoms with Crippen LogP contribution in [0.2, 0.25) is 0 Å². The Kier molecular flexibility index (Phi) is 5.97. The molecule has 5 rings (SSSR count). The quantitative estimate of drug-likeness (QED) is 0.380. The van der Waals surface area contributed by atoms with Crippen molar-refractivity contribution < 1.29 is 0 Å². The third kappa shape index (κ3) is 4.35. The highest BCUT2D eigenvalue weighted by Gasteiger charge is 2.15. The van der Waals surface area contributed by atoms with Gasteiger partial charge in [0.15, 0.2) is 11.6 Å². The Morgan fingerprint density at radius 2 is 1.53 bits per heavy atom. The number of nitrogens with zero attached hydrogens (tertiary/aromatic N) is 6. The average Bonchev–Trinajstić information content (AvgIpc) is 3.55. The molecule has 34 heavy (non-hydrogen) atoms. The van der Waals surface area contributed by atoms with Crippen LogP contribution in [0.25, 0.3) is 33.9 Å². The Morgan fingerprint density at radius 3 is 2.18 bits per heavy atom. The van der Waals surface area contributed by atoms with Crippen LogP contribution in [0.4, 0.5) is 0 Å². The lowest BCUT2D eigenvalue weighted by molar-refractivity contribution is 0.662. The van der Waals surface area contributed by atoms with Crippen LogP contribution < -0.4 is 5.73 Å². The van der Waals surface area contributed by atoms with E-state index in [1.54, 1.807) is 0 Å². The van der Waals surface area contributed by atoms with Crippen molar-refractivity contribution >= 4 is 0 Å². The number of tetrazole rings is 1. The average molecular weight is 451 g/mol. The lowest BCUT2D eigenvalue weighted by Gasteiger charge is -2.10. The molecule has 0 aliphatic heterocycles. The Balaban J connectivity index is 1.45. The zero-order chi connectivity index (χ0) is 23.5. The fraction of sp³-hybridized carbons (Fsp3) is 0.192. The minimum atomic E-state index is 0.243. The first-order chi connectivity index (χ1) is 16.6. The molecule has 2 heterocycles. The molecule has 3 aromatic carbocycles. The maximum atomic E-state index is 5.76. The second-order valence-corrected chi connectivity index (χ2v) is 8.48. The number of aromatic amines is 1. The number of rotatable bonds is 7. The molecule has 0 spiro atoms. The summed E-state index contributed by atoms with van der Waals surface area (Å²) in [5.74, 6) is 2.52. The monoisotopic (exact) mass is 450 g/mol. The lowest BCUT2D eigenvalue weighted by atomic mass is 9.98. The highest BCUT2D eigenvalue weighted by molar-refractivity contribution is 5.80. The molecular formula is C26H26N8. The zero-order valence-electron chi connectivity index (χ0n) is 19.2. The van der Waals surface area contributed by atoms with E-state index in [-0.39, 0.29) is 5.92 Å². The fourth-order valence-electron chi connectivity index (χ4n) is 3.89. The van der Waals surface area contributed by atoms with Gasteiger partial charge in [0.05, 0.1) is 6.54 Å². The van der Waals surface area contributed by atoms with Gasteiger partial charge >= 0.3 is 0 Å². The molecule has 0 aliphatic rings. The van der Waals surface area contributed by atoms with Gasteiger partial charge in [0.1, 0.15) is 0 Å². The van der Waals surface area contributed by atoms with Crippen LogP contribution in [0.15, 0.2) is 72.8 Å². The molecular weight excluding hydrogens is 424 g/mol. The molecule has 0 atom stereocenters. The molecule has 2 aromatic heterocycles. The fourth-order valence-corrected chi connectivity index (χ4v) is 3.89. The van der Waals surface area contributed by atoms with Crippen LogP contribution in [0.5, 0.6) is 0 Å². The van der Waals surface area contributed by atoms with E-state index >= 15 is 0 Å². The van der Waals surface area contributed by atoms with Crippen LogP contribution in [-0.2, 0) is 13.1 Å². The van der Waals surface area contributed by atoms with Gasteiger partial charge in [-0.1, -0.05) is 86.6 Å². The van der Waals surface area contributed by atoms with Crippen molar-refractivity contribution in [3.8, 4) is 33.9 Å². The molecule has 0 bridgehead atoms. The number of hydrogen-bond donors (Lipinski definition) is 2. The third-order valence-corrected chi connectivity index (χ3v) is 5.76. The van der Waals surface area contributed by atoms with Gasteiger partial charge in [-0.2, -0.15) is 10.3 Å². The third-order valence-electron chi connectivity index (χ3n) is 5.76. The molecule has 0 radical (unpaired) electrons. The van der Waals surface area contributed by atoms with Crippen molar-refractivity contribution in [2.45, 2.75) is 32.9 Å². The summed E-state index contributed by atoms with van der Waals surface area (Å²) in [6, 6.07) is 24.7. The Bertz CT molecular complexity index is 1370. The van der Waals surface area contributed by atoms with Gasteiger partial charge in [-0.15, -0.1) is 10.2 Å². The molecule has 8 heteroatoms. The normalized spacial score (nSPS) is 11.3. The van der Waals surface area contributed by atoms with E-state index in [0.717, 1.165) is 45.0 Å². The van der Waals surface area contributed by atoms with E-state index in [4.69, 9.17) is 15.8 Å². The molecule has 0 saturated carbocycles. The van der Waals surface area contributed by atoms with Crippen molar-refractivity contribution in [1.29, 1.82) is 0 Å². The highest BCUT2D eigenvalue weighted by Crippen LogP contribution is 2.30. The minimum absolute atomic E-state index is 0.243. The first-order valence-electron chi connectivity index (χ1n) is 11.3. The standard InChI is InChI=1S/C26H26N8/c1-17(2)24-28-26(21-13-7-18(15-27)8-14-21)34(31-24)16-19-9-11-20(12-10-19)22-5-3-4-6-23(22)25-29-32-33-30-25/h3-14,17H,15-16,27H2,1-2H3,(H,29,30,32,33). The summed E-state index contributed by atoms with van der Waals surface area (Å²) in [5.41, 5.74) is 12.1. The minimum Gasteiger partial charge on any atom is -0.326 e. The molecule has 5 aromatic rings. The molecule has 3 N–H and O–H groups in total. The predicted molar refractivity (Wildman–Crippen MR) is 132 cm³/mol. The summed E-state index contributed by atoms with van der Waals surface area (Å²) >= 11 is 0. The van der Waals surface area contributed by atoms with E-state index in [1.807, 2.05) is 35.0 Å². The van der Waals surface area contributed by atoms with Crippen molar-refractivity contribution in [3.63, 3.8) is 0 Å². The van der Waals surface area contributed by atoms with Gasteiger partial charge < -0.3 is 5.73 Å². The van der Waals surface area contributed by atoms with Crippen LogP contribution in [-0.4, -0.2) is 35.4 Å². The first kappa shape index (κ1) is 21.7. The molecule has 0 aliphatic carbocycles. The number of nitrogens with one attached hydrogen (secondary N) is 1. The Hall–Kier alpha value is -4.17. The summed E-state index contributed by atoms with van der Waals surface area (Å²) in [6.07, 6.45) is 0. The molecule has 8 nitrogen and oxygen atoms in total. The van der Waals surface area contributed by atoms with Crippen LogP contribution in [0.3, 0.4) is 0 Å². The predicted octanol–water partition coefficient (Wildman–Crippen LogP) is 4.42. The maximum absolute atomic E-state index is 5.76. The maximum Gasteiger partial charge on any atom is 0.205 e. The van der Waals surface area contributed by atoms with E-state index in [9.17, 15) is 0 Å². The zero-order valence-corrected chi connectivity index (χ0v) is 19.2. The van der Waals surface area contributed by atoms with Gasteiger partial charge in [0.25, 0.3) is 0 Å². The number of H-pyrrole nitrogens is 1.